The summed E-state index contributed by atoms with van der Waals surface area (Å²) in [5.41, 5.74) is 0. The molecule has 1 aromatic heterocycles. The molecule has 1 rings (SSSR count). The van der Waals surface area contributed by atoms with Crippen LogP contribution in [0.2, 0.25) is 10.0 Å². The third-order valence-electron chi connectivity index (χ3n) is 1.99. The first-order chi connectivity index (χ1) is 8.19. The first-order valence-corrected chi connectivity index (χ1v) is 6.28. The standard InChI is InChI=1S/C12H16Cl2N2O/c1-3-5-7-17-12-10(14)8-9(13)11(16-12)15-6-4-2/h3,5,8H,4,6-7H2,1-2H3,(H,15,16)/b5-3+. The normalized spacial score (nSPS) is 10.8. The van der Waals surface area contributed by atoms with E-state index in [0.717, 1.165) is 13.0 Å². The highest BCUT2D eigenvalue weighted by molar-refractivity contribution is 6.36. The third-order valence-corrected chi connectivity index (χ3v) is 2.55. The SMILES string of the molecule is C/C=C/COc1nc(NCCC)c(Cl)cc1Cl. The molecule has 0 bridgehead atoms. The molecule has 0 amide bonds. The zero-order valence-corrected chi connectivity index (χ0v) is 11.5. The Morgan fingerprint density at radius 3 is 2.82 bits per heavy atom. The molecule has 94 valence electrons. The Bertz CT molecular complexity index is 394. The van der Waals surface area contributed by atoms with Gasteiger partial charge in [-0.25, -0.2) is 0 Å². The van der Waals surface area contributed by atoms with Crippen LogP contribution in [-0.2, 0) is 0 Å². The number of anilines is 1. The van der Waals surface area contributed by atoms with Gasteiger partial charge in [0.15, 0.2) is 0 Å². The van der Waals surface area contributed by atoms with Crippen LogP contribution in [0.25, 0.3) is 0 Å². The number of ether oxygens (including phenoxy) is 1. The molecular formula is C12H16Cl2N2O. The number of hydrogen-bond acceptors (Lipinski definition) is 3. The highest BCUT2D eigenvalue weighted by Crippen LogP contribution is 2.30. The molecule has 0 aliphatic carbocycles. The topological polar surface area (TPSA) is 34.1 Å². The lowest BCUT2D eigenvalue weighted by molar-refractivity contribution is 0.349. The largest absolute Gasteiger partial charge is 0.472 e. The van der Waals surface area contributed by atoms with Crippen molar-refractivity contribution < 1.29 is 4.74 Å². The van der Waals surface area contributed by atoms with Gasteiger partial charge in [0.1, 0.15) is 17.4 Å². The molecule has 3 nitrogen and oxygen atoms in total. The molecule has 1 N–H and O–H groups in total. The quantitative estimate of drug-likeness (QED) is 0.791. The zero-order valence-electron chi connectivity index (χ0n) is 9.96. The van der Waals surface area contributed by atoms with E-state index < -0.39 is 0 Å². The highest BCUT2D eigenvalue weighted by Gasteiger charge is 2.09. The van der Waals surface area contributed by atoms with Gasteiger partial charge in [0.25, 0.3) is 0 Å². The minimum absolute atomic E-state index is 0.396. The van der Waals surface area contributed by atoms with Crippen molar-refractivity contribution in [1.82, 2.24) is 4.98 Å². The van der Waals surface area contributed by atoms with Gasteiger partial charge in [-0.2, -0.15) is 4.98 Å². The number of nitrogens with zero attached hydrogens (tertiary/aromatic N) is 1. The van der Waals surface area contributed by atoms with Crippen molar-refractivity contribution in [2.75, 3.05) is 18.5 Å². The minimum atomic E-state index is 0.396. The van der Waals surface area contributed by atoms with E-state index in [2.05, 4.69) is 17.2 Å². The summed E-state index contributed by atoms with van der Waals surface area (Å²) in [6, 6.07) is 1.64. The van der Waals surface area contributed by atoms with Gasteiger partial charge in [0, 0.05) is 6.54 Å². The van der Waals surface area contributed by atoms with Crippen molar-refractivity contribution in [3.63, 3.8) is 0 Å². The molecule has 0 aliphatic rings. The predicted molar refractivity (Wildman–Crippen MR) is 73.3 cm³/mol. The van der Waals surface area contributed by atoms with Crippen molar-refractivity contribution in [2.45, 2.75) is 20.3 Å². The molecular weight excluding hydrogens is 259 g/mol. The molecule has 1 heterocycles. The number of halogens is 2. The van der Waals surface area contributed by atoms with Crippen LogP contribution in [0.4, 0.5) is 5.82 Å². The number of allylic oxidation sites excluding steroid dienone is 1. The minimum Gasteiger partial charge on any atom is -0.472 e. The molecule has 5 heteroatoms. The van der Waals surface area contributed by atoms with Crippen molar-refractivity contribution in [1.29, 1.82) is 0 Å². The van der Waals surface area contributed by atoms with E-state index >= 15 is 0 Å². The Hall–Kier alpha value is -0.930. The zero-order chi connectivity index (χ0) is 12.7. The summed E-state index contributed by atoms with van der Waals surface area (Å²) >= 11 is 12.0. The molecule has 0 fully saturated rings. The second-order valence-corrected chi connectivity index (χ2v) is 4.23. The first kappa shape index (κ1) is 14.1. The maximum absolute atomic E-state index is 6.02. The van der Waals surface area contributed by atoms with Gasteiger partial charge >= 0.3 is 0 Å². The summed E-state index contributed by atoms with van der Waals surface area (Å²) in [7, 11) is 0. The summed E-state index contributed by atoms with van der Waals surface area (Å²) < 4.78 is 5.42. The van der Waals surface area contributed by atoms with Gasteiger partial charge in [0.2, 0.25) is 5.88 Å². The number of rotatable bonds is 6. The summed E-state index contributed by atoms with van der Waals surface area (Å²) in [6.07, 6.45) is 4.78. The third kappa shape index (κ3) is 4.44. The van der Waals surface area contributed by atoms with Gasteiger partial charge in [-0.05, 0) is 19.4 Å². The monoisotopic (exact) mass is 274 g/mol. The molecule has 0 spiro atoms. The van der Waals surface area contributed by atoms with Crippen LogP contribution in [0, 0.1) is 0 Å². The molecule has 0 aliphatic heterocycles. The summed E-state index contributed by atoms with van der Waals surface area (Å²) in [5.74, 6) is 1.00. The maximum Gasteiger partial charge on any atom is 0.234 e. The van der Waals surface area contributed by atoms with Crippen LogP contribution in [0.15, 0.2) is 18.2 Å². The van der Waals surface area contributed by atoms with E-state index in [4.69, 9.17) is 27.9 Å². The van der Waals surface area contributed by atoms with E-state index in [9.17, 15) is 0 Å². The highest BCUT2D eigenvalue weighted by atomic mass is 35.5. The van der Waals surface area contributed by atoms with E-state index in [-0.39, 0.29) is 0 Å². The van der Waals surface area contributed by atoms with Gasteiger partial charge in [0.05, 0.1) is 5.02 Å². The Kier molecular flexibility index (Phi) is 6.16. The van der Waals surface area contributed by atoms with Crippen molar-refractivity contribution in [3.05, 3.63) is 28.3 Å². The predicted octanol–water partition coefficient (Wildman–Crippen LogP) is 4.17. The number of nitrogens with one attached hydrogen (secondary N) is 1. The fraction of sp³-hybridized carbons (Fsp3) is 0.417. The van der Waals surface area contributed by atoms with Crippen LogP contribution in [0.5, 0.6) is 5.88 Å². The lowest BCUT2D eigenvalue weighted by atomic mass is 10.4. The van der Waals surface area contributed by atoms with Crippen molar-refractivity contribution >= 4 is 29.0 Å². The van der Waals surface area contributed by atoms with Crippen LogP contribution < -0.4 is 10.1 Å². The number of aromatic nitrogens is 1. The molecule has 0 saturated carbocycles. The molecule has 0 atom stereocenters. The van der Waals surface area contributed by atoms with Gasteiger partial charge < -0.3 is 10.1 Å². The Morgan fingerprint density at radius 1 is 1.41 bits per heavy atom. The Balaban J connectivity index is 2.81. The van der Waals surface area contributed by atoms with Crippen LogP contribution in [0.3, 0.4) is 0 Å². The van der Waals surface area contributed by atoms with Crippen molar-refractivity contribution in [3.8, 4) is 5.88 Å². The van der Waals surface area contributed by atoms with Crippen LogP contribution >= 0.6 is 23.2 Å². The second kappa shape index (κ2) is 7.41. The summed E-state index contributed by atoms with van der Waals surface area (Å²) in [6.45, 7) is 5.25. The first-order valence-electron chi connectivity index (χ1n) is 5.52. The lowest BCUT2D eigenvalue weighted by Crippen LogP contribution is -2.05. The maximum atomic E-state index is 6.02. The van der Waals surface area contributed by atoms with E-state index in [1.54, 1.807) is 6.07 Å². The second-order valence-electron chi connectivity index (χ2n) is 3.41. The van der Waals surface area contributed by atoms with Gasteiger partial charge in [-0.1, -0.05) is 42.3 Å². The summed E-state index contributed by atoms with van der Waals surface area (Å²) in [5, 5.41) is 4.04. The lowest BCUT2D eigenvalue weighted by Gasteiger charge is -2.10. The fourth-order valence-electron chi connectivity index (χ4n) is 1.14. The Labute approximate surface area is 112 Å². The fourth-order valence-corrected chi connectivity index (χ4v) is 1.62. The van der Waals surface area contributed by atoms with E-state index in [1.165, 1.54) is 0 Å². The number of pyridine rings is 1. The van der Waals surface area contributed by atoms with Crippen LogP contribution in [0.1, 0.15) is 20.3 Å². The smallest absolute Gasteiger partial charge is 0.234 e. The van der Waals surface area contributed by atoms with Crippen molar-refractivity contribution in [2.24, 2.45) is 0 Å². The number of hydrogen-bond donors (Lipinski definition) is 1. The molecule has 17 heavy (non-hydrogen) atoms. The molecule has 1 aromatic rings. The van der Waals surface area contributed by atoms with E-state index in [1.807, 2.05) is 19.1 Å². The van der Waals surface area contributed by atoms with E-state index in [0.29, 0.717) is 28.3 Å². The van der Waals surface area contributed by atoms with Gasteiger partial charge in [-0.3, -0.25) is 0 Å². The average molecular weight is 275 g/mol. The molecule has 0 unspecified atom stereocenters. The molecule has 0 radical (unpaired) electrons. The molecule has 0 aromatic carbocycles. The summed E-state index contributed by atoms with van der Waals surface area (Å²) in [4.78, 5) is 4.25. The van der Waals surface area contributed by atoms with Gasteiger partial charge in [-0.15, -0.1) is 0 Å². The average Bonchev–Trinajstić information content (AvgIpc) is 2.31. The Morgan fingerprint density at radius 2 is 2.18 bits per heavy atom. The molecule has 0 saturated heterocycles. The van der Waals surface area contributed by atoms with Crippen LogP contribution in [-0.4, -0.2) is 18.1 Å².